The van der Waals surface area contributed by atoms with Gasteiger partial charge in [0.05, 0.1) is 18.1 Å². The fourth-order valence-electron chi connectivity index (χ4n) is 8.58. The Hall–Kier alpha value is -4.90. The summed E-state index contributed by atoms with van der Waals surface area (Å²) in [7, 11) is 3.29. The number of hydrogen-bond acceptors (Lipinski definition) is 10. The van der Waals surface area contributed by atoms with Crippen LogP contribution in [0.3, 0.4) is 0 Å². The summed E-state index contributed by atoms with van der Waals surface area (Å²) in [6, 6.07) is 8.88. The zero-order valence-corrected chi connectivity index (χ0v) is 44.8. The summed E-state index contributed by atoms with van der Waals surface area (Å²) >= 11 is 0. The lowest BCUT2D eigenvalue weighted by Gasteiger charge is -2.36. The van der Waals surface area contributed by atoms with E-state index in [2.05, 4.69) is 43.3 Å². The van der Waals surface area contributed by atoms with Crippen molar-refractivity contribution in [3.05, 3.63) is 70.8 Å². The van der Waals surface area contributed by atoms with E-state index in [0.29, 0.717) is 0 Å². The minimum absolute atomic E-state index is 0. The van der Waals surface area contributed by atoms with E-state index in [0.717, 1.165) is 24.8 Å². The van der Waals surface area contributed by atoms with Gasteiger partial charge in [-0.25, -0.2) is 0 Å². The van der Waals surface area contributed by atoms with E-state index in [1.165, 1.54) is 16.5 Å². The molecule has 0 unspecified atom stereocenters. The molecule has 0 spiro atoms. The molecule has 0 radical (unpaired) electrons. The Morgan fingerprint density at radius 3 is 1.89 bits per heavy atom. The van der Waals surface area contributed by atoms with Crippen LogP contribution in [0.2, 0.25) is 0 Å². The molecule has 0 aromatic heterocycles. The highest BCUT2D eigenvalue weighted by Gasteiger charge is 2.46. The molecule has 6 amide bonds. The molecule has 7 N–H and O–H groups in total. The second-order valence-corrected chi connectivity index (χ2v) is 20.6. The van der Waals surface area contributed by atoms with Gasteiger partial charge in [-0.3, -0.25) is 38.4 Å². The summed E-state index contributed by atoms with van der Waals surface area (Å²) in [5.74, 6) is -3.71. The number of hydrogen-bond donors (Lipinski definition) is 7. The molecule has 2 aromatic carbocycles. The predicted molar refractivity (Wildman–Crippen MR) is 277 cm³/mol. The molecule has 1 saturated heterocycles. The number of fused-ring (bicyclic) bond motifs is 1. The summed E-state index contributed by atoms with van der Waals surface area (Å²) in [5.41, 5.74) is 2.03. The molecular weight excluding hydrogens is 936 g/mol. The molecule has 16 nitrogen and oxygen atoms in total. The number of likely N-dealkylation sites (tertiary alicyclic amines) is 1. The Bertz CT molecular complexity index is 2150. The number of likely N-dealkylation sites (N-methyl/N-ethyl adjacent to an activating group) is 2. The Kier molecular flexibility index (Phi) is 24.2. The third kappa shape index (κ3) is 16.6. The van der Waals surface area contributed by atoms with Crippen molar-refractivity contribution in [2.24, 2.45) is 23.2 Å². The zero-order valence-electron chi connectivity index (χ0n) is 43.2. The van der Waals surface area contributed by atoms with E-state index in [1.807, 2.05) is 59.7 Å². The number of benzene rings is 2. The minimum Gasteiger partial charge on any atom is -0.352 e. The maximum Gasteiger partial charge on any atom is 0.246 e. The van der Waals surface area contributed by atoms with Gasteiger partial charge in [0, 0.05) is 36.6 Å². The highest BCUT2D eigenvalue weighted by Crippen LogP contribution is 2.34. The zero-order chi connectivity index (χ0) is 50.6. The molecule has 70 heavy (non-hydrogen) atoms. The molecular formula is C52H80Cl2N8O8. The number of rotatable bonds is 22. The molecule has 0 saturated carbocycles. The van der Waals surface area contributed by atoms with Gasteiger partial charge in [-0.2, -0.15) is 0 Å². The van der Waals surface area contributed by atoms with Crippen molar-refractivity contribution in [2.75, 3.05) is 20.6 Å². The first-order chi connectivity index (χ1) is 32.0. The second-order valence-electron chi connectivity index (χ2n) is 20.6. The molecule has 2 aromatic rings. The Labute approximate surface area is 427 Å². The van der Waals surface area contributed by atoms with Crippen molar-refractivity contribution in [1.82, 2.24) is 42.1 Å². The number of carbonyl (C=O) groups excluding carboxylic acids is 8. The first-order valence-corrected chi connectivity index (χ1v) is 24.4. The molecule has 0 bridgehead atoms. The Balaban J connectivity index is 0.00000840. The monoisotopic (exact) mass is 1010 g/mol. The highest BCUT2D eigenvalue weighted by molar-refractivity contribution is 6.02. The van der Waals surface area contributed by atoms with Gasteiger partial charge in [0.15, 0.2) is 11.6 Å². The maximum atomic E-state index is 14.6. The summed E-state index contributed by atoms with van der Waals surface area (Å²) < 4.78 is 0. The third-order valence-electron chi connectivity index (χ3n) is 13.6. The van der Waals surface area contributed by atoms with Gasteiger partial charge in [-0.1, -0.05) is 90.9 Å². The van der Waals surface area contributed by atoms with Gasteiger partial charge in [-0.15, -0.1) is 24.8 Å². The highest BCUT2D eigenvalue weighted by atomic mass is 35.5. The van der Waals surface area contributed by atoms with Crippen LogP contribution in [0.25, 0.3) is 0 Å². The van der Waals surface area contributed by atoms with Crippen LogP contribution < -0.4 is 37.2 Å². The molecule has 1 fully saturated rings. The quantitative estimate of drug-likeness (QED) is 0.0782. The van der Waals surface area contributed by atoms with Crippen LogP contribution in [-0.4, -0.2) is 115 Å². The van der Waals surface area contributed by atoms with Crippen LogP contribution in [-0.2, 0) is 35.2 Å². The summed E-state index contributed by atoms with van der Waals surface area (Å²) in [4.78, 5) is 112. The van der Waals surface area contributed by atoms with E-state index in [9.17, 15) is 38.4 Å². The van der Waals surface area contributed by atoms with Gasteiger partial charge >= 0.3 is 0 Å². The first-order valence-electron chi connectivity index (χ1n) is 24.4. The summed E-state index contributed by atoms with van der Waals surface area (Å²) in [5, 5.41) is 20.4. The Morgan fingerprint density at radius 2 is 1.30 bits per heavy atom. The average molecular weight is 1020 g/mol. The average Bonchev–Trinajstić information content (AvgIpc) is 3.73. The van der Waals surface area contributed by atoms with E-state index < -0.39 is 65.3 Å². The number of nitrogens with one attached hydrogen (secondary N) is 7. The van der Waals surface area contributed by atoms with Crippen molar-refractivity contribution < 1.29 is 38.4 Å². The largest absolute Gasteiger partial charge is 0.352 e. The molecule has 1 aliphatic carbocycles. The lowest BCUT2D eigenvalue weighted by Crippen LogP contribution is -2.59. The number of carbonyl (C=O) groups is 8. The molecule has 4 rings (SSSR count). The molecule has 1 heterocycles. The minimum atomic E-state index is -1.10. The molecule has 2 aliphatic rings. The third-order valence-corrected chi connectivity index (χ3v) is 13.6. The maximum absolute atomic E-state index is 14.6. The van der Waals surface area contributed by atoms with E-state index in [4.69, 9.17) is 0 Å². The number of ketones is 2. The van der Waals surface area contributed by atoms with Crippen LogP contribution in [0.5, 0.6) is 0 Å². The Morgan fingerprint density at radius 1 is 0.700 bits per heavy atom. The van der Waals surface area contributed by atoms with Crippen molar-refractivity contribution in [2.45, 2.75) is 163 Å². The normalized spacial score (nSPS) is 19.1. The number of amides is 6. The fraction of sp³-hybridized carbons (Fsp3) is 0.615. The van der Waals surface area contributed by atoms with Gasteiger partial charge < -0.3 is 42.1 Å². The first kappa shape index (κ1) is 61.2. The van der Waals surface area contributed by atoms with E-state index in [1.54, 1.807) is 60.0 Å². The van der Waals surface area contributed by atoms with Crippen LogP contribution in [0.4, 0.5) is 0 Å². The van der Waals surface area contributed by atoms with Gasteiger partial charge in [-0.05, 0) is 107 Å². The number of nitrogens with zero attached hydrogens (tertiary/aromatic N) is 1. The predicted octanol–water partition coefficient (Wildman–Crippen LogP) is 5.01. The summed E-state index contributed by atoms with van der Waals surface area (Å²) in [6.45, 7) is 18.4. The number of halogens is 2. The van der Waals surface area contributed by atoms with Crippen LogP contribution >= 0.6 is 24.8 Å². The standard InChI is InChI=1S/C52H78N8O8.2ClH/c1-29(2)31(5)55-48(65)40(57-50(67)44(30(3)4)58-46(63)32(6)53-11)23-24-42(61)36-19-15-20-37(27-36)43(62)26-34-25-41(49(66)56-39-22-16-18-35-17-13-14-21-38(35)39)60(28-34)51(68)45(52(8,9)10)59-47(64)33(7)54-12;;/h13-15,17,19-21,27,29-34,39-41,44-45,53-54H,16,18,22-26,28H2,1-12H3,(H,55,65)(H,56,66)(H,57,67)(H,58,63)(H,59,64);2*1H/t31-,32+,33+,34-,39-,40+,41+,44+,45-;;/m1../s1. The molecule has 390 valence electrons. The lowest BCUT2D eigenvalue weighted by molar-refractivity contribution is -0.144. The smallest absolute Gasteiger partial charge is 0.246 e. The van der Waals surface area contributed by atoms with Crippen LogP contribution in [0.1, 0.15) is 146 Å². The van der Waals surface area contributed by atoms with Gasteiger partial charge in [0.1, 0.15) is 24.2 Å². The molecule has 9 atom stereocenters. The van der Waals surface area contributed by atoms with Crippen LogP contribution in [0.15, 0.2) is 48.5 Å². The summed E-state index contributed by atoms with van der Waals surface area (Å²) in [6.07, 6.45) is 2.59. The van der Waals surface area contributed by atoms with Gasteiger partial charge in [0.2, 0.25) is 35.4 Å². The van der Waals surface area contributed by atoms with Crippen molar-refractivity contribution in [3.63, 3.8) is 0 Å². The lowest BCUT2D eigenvalue weighted by atomic mass is 9.85. The van der Waals surface area contributed by atoms with Gasteiger partial charge in [0.25, 0.3) is 0 Å². The fourth-order valence-corrected chi connectivity index (χ4v) is 8.58. The number of Topliss-reactive ketones (excluding diaryl/α,β-unsaturated/α-hetero) is 2. The number of aryl methyl sites for hydroxylation is 1. The second kappa shape index (κ2) is 27.6. The van der Waals surface area contributed by atoms with Crippen molar-refractivity contribution in [3.8, 4) is 0 Å². The topological polar surface area (TPSA) is 224 Å². The molecule has 18 heteroatoms. The van der Waals surface area contributed by atoms with E-state index in [-0.39, 0.29) is 121 Å². The molecule has 1 aliphatic heterocycles. The van der Waals surface area contributed by atoms with Crippen molar-refractivity contribution in [1.29, 1.82) is 0 Å². The van der Waals surface area contributed by atoms with E-state index >= 15 is 0 Å². The SMILES string of the molecule is CN[C@@H](C)C(=O)N[C@H](C(=O)N[C@@H](CCC(=O)c1cccc(C(=O)C[C@H]2C[C@@H](C(=O)N[C@@H]3CCCc4ccccc43)N(C(=O)[C@@H](NC(=O)[C@H](C)NC)C(C)(C)C)C2)c1)C(=O)N[C@H](C)C(C)C)C(C)C.Cl.Cl. The van der Waals surface area contributed by atoms with Crippen molar-refractivity contribution >= 4 is 71.8 Å². The van der Waals surface area contributed by atoms with Crippen LogP contribution in [0, 0.1) is 23.2 Å².